The summed E-state index contributed by atoms with van der Waals surface area (Å²) >= 11 is 1.31. The van der Waals surface area contributed by atoms with E-state index in [1.165, 1.54) is 22.5 Å². The van der Waals surface area contributed by atoms with Crippen molar-refractivity contribution in [3.05, 3.63) is 51.5 Å². The number of terminal acetylenes is 1. The number of thiazole rings is 1. The van der Waals surface area contributed by atoms with E-state index in [-0.39, 0.29) is 11.9 Å². The Morgan fingerprint density at radius 1 is 1.47 bits per heavy atom. The molecule has 1 amide bonds. The first-order valence-corrected chi connectivity index (χ1v) is 6.96. The van der Waals surface area contributed by atoms with Gasteiger partial charge in [-0.05, 0) is 29.9 Å². The highest BCUT2D eigenvalue weighted by molar-refractivity contribution is 7.10. The van der Waals surface area contributed by atoms with E-state index < -0.39 is 0 Å². The van der Waals surface area contributed by atoms with Gasteiger partial charge in [0.05, 0.1) is 6.04 Å². The fourth-order valence-corrected chi connectivity index (χ4v) is 2.99. The van der Waals surface area contributed by atoms with Crippen molar-refractivity contribution in [1.29, 1.82) is 0 Å². The van der Waals surface area contributed by atoms with Crippen LogP contribution in [0.4, 0.5) is 0 Å². The van der Waals surface area contributed by atoms with Crippen LogP contribution in [0.25, 0.3) is 0 Å². The number of carbonyl (C=O) groups is 1. The van der Waals surface area contributed by atoms with Crippen LogP contribution in [0.5, 0.6) is 0 Å². The number of nitrogens with one attached hydrogen (secondary N) is 1. The van der Waals surface area contributed by atoms with E-state index in [0.29, 0.717) is 10.7 Å². The number of hydrogen-bond donors (Lipinski definition) is 1. The van der Waals surface area contributed by atoms with Crippen LogP contribution in [0.2, 0.25) is 0 Å². The number of carbonyl (C=O) groups excluding carboxylic acids is 1. The first-order valence-electron chi connectivity index (χ1n) is 6.09. The van der Waals surface area contributed by atoms with Crippen molar-refractivity contribution in [2.24, 2.45) is 0 Å². The Labute approximate surface area is 115 Å². The molecule has 1 aromatic carbocycles. The molecule has 19 heavy (non-hydrogen) atoms. The molecule has 3 rings (SSSR count). The predicted octanol–water partition coefficient (Wildman–Crippen LogP) is 2.54. The Bertz CT molecular complexity index is 669. The van der Waals surface area contributed by atoms with E-state index in [1.54, 1.807) is 5.38 Å². The Morgan fingerprint density at radius 2 is 2.32 bits per heavy atom. The van der Waals surface area contributed by atoms with Crippen LogP contribution in [-0.2, 0) is 6.42 Å². The van der Waals surface area contributed by atoms with Crippen LogP contribution < -0.4 is 5.32 Å². The first-order chi connectivity index (χ1) is 9.28. The molecule has 0 saturated heterocycles. The van der Waals surface area contributed by atoms with Gasteiger partial charge in [-0.3, -0.25) is 4.79 Å². The molecule has 0 bridgehead atoms. The van der Waals surface area contributed by atoms with Gasteiger partial charge in [-0.25, -0.2) is 4.98 Å². The summed E-state index contributed by atoms with van der Waals surface area (Å²) in [5.41, 5.74) is 2.93. The standard InChI is InChI=1S/C15H12N2OS/c1-2-14-16-13(9-19-14)15(18)17-12-8-7-10-5-3-4-6-11(10)12/h1,3-6,9,12H,7-8H2,(H,17,18). The quantitative estimate of drug-likeness (QED) is 0.850. The van der Waals surface area contributed by atoms with Crippen molar-refractivity contribution in [2.45, 2.75) is 18.9 Å². The second-order valence-electron chi connectivity index (χ2n) is 4.45. The van der Waals surface area contributed by atoms with Gasteiger partial charge < -0.3 is 5.32 Å². The average molecular weight is 268 g/mol. The van der Waals surface area contributed by atoms with Crippen LogP contribution in [-0.4, -0.2) is 10.9 Å². The summed E-state index contributed by atoms with van der Waals surface area (Å²) < 4.78 is 0. The summed E-state index contributed by atoms with van der Waals surface area (Å²) in [5, 5.41) is 5.26. The fraction of sp³-hybridized carbons (Fsp3) is 0.200. The van der Waals surface area contributed by atoms with Gasteiger partial charge >= 0.3 is 0 Å². The minimum absolute atomic E-state index is 0.0830. The Balaban J connectivity index is 1.76. The minimum Gasteiger partial charge on any atom is -0.344 e. The molecule has 1 N–H and O–H groups in total. The highest BCUT2D eigenvalue weighted by Gasteiger charge is 2.24. The lowest BCUT2D eigenvalue weighted by Gasteiger charge is -2.12. The summed E-state index contributed by atoms with van der Waals surface area (Å²) in [5.74, 6) is 2.29. The zero-order chi connectivity index (χ0) is 13.2. The number of nitrogens with zero attached hydrogens (tertiary/aromatic N) is 1. The van der Waals surface area contributed by atoms with Crippen molar-refractivity contribution in [3.63, 3.8) is 0 Å². The molecular formula is C15H12N2OS. The maximum atomic E-state index is 12.1. The molecule has 1 aliphatic rings. The summed E-state index contributed by atoms with van der Waals surface area (Å²) in [4.78, 5) is 16.2. The van der Waals surface area contributed by atoms with Crippen molar-refractivity contribution in [1.82, 2.24) is 10.3 Å². The molecule has 3 nitrogen and oxygen atoms in total. The van der Waals surface area contributed by atoms with E-state index in [2.05, 4.69) is 28.4 Å². The van der Waals surface area contributed by atoms with E-state index in [9.17, 15) is 4.79 Å². The molecule has 0 radical (unpaired) electrons. The number of amides is 1. The van der Waals surface area contributed by atoms with Gasteiger partial charge in [-0.2, -0.15) is 0 Å². The second-order valence-corrected chi connectivity index (χ2v) is 5.30. The highest BCUT2D eigenvalue weighted by atomic mass is 32.1. The van der Waals surface area contributed by atoms with Gasteiger partial charge in [0.15, 0.2) is 5.01 Å². The molecule has 1 unspecified atom stereocenters. The van der Waals surface area contributed by atoms with Gasteiger partial charge in [0.2, 0.25) is 0 Å². The highest BCUT2D eigenvalue weighted by Crippen LogP contribution is 2.30. The summed E-state index contributed by atoms with van der Waals surface area (Å²) in [7, 11) is 0. The van der Waals surface area contributed by atoms with Crippen molar-refractivity contribution in [3.8, 4) is 12.3 Å². The molecule has 1 heterocycles. The molecule has 0 spiro atoms. The monoisotopic (exact) mass is 268 g/mol. The smallest absolute Gasteiger partial charge is 0.271 e. The molecule has 0 fully saturated rings. The predicted molar refractivity (Wildman–Crippen MR) is 75.0 cm³/mol. The number of aryl methyl sites for hydroxylation is 1. The lowest BCUT2D eigenvalue weighted by atomic mass is 10.1. The molecule has 1 aliphatic carbocycles. The Kier molecular flexibility index (Phi) is 3.06. The molecular weight excluding hydrogens is 256 g/mol. The van der Waals surface area contributed by atoms with Gasteiger partial charge in [-0.15, -0.1) is 17.8 Å². The number of hydrogen-bond acceptors (Lipinski definition) is 3. The summed E-state index contributed by atoms with van der Waals surface area (Å²) in [6, 6.07) is 8.30. The fourth-order valence-electron chi connectivity index (χ4n) is 2.38. The SMILES string of the molecule is C#Cc1nc(C(=O)NC2CCc3ccccc32)cs1. The molecule has 0 saturated carbocycles. The van der Waals surface area contributed by atoms with Crippen LogP contribution >= 0.6 is 11.3 Å². The van der Waals surface area contributed by atoms with Gasteiger partial charge in [0.1, 0.15) is 5.69 Å². The minimum atomic E-state index is -0.153. The number of benzene rings is 1. The molecule has 1 atom stereocenters. The zero-order valence-corrected chi connectivity index (χ0v) is 11.0. The van der Waals surface area contributed by atoms with E-state index in [1.807, 2.05) is 12.1 Å². The van der Waals surface area contributed by atoms with Crippen LogP contribution in [0.3, 0.4) is 0 Å². The largest absolute Gasteiger partial charge is 0.344 e. The van der Waals surface area contributed by atoms with Gasteiger partial charge in [-0.1, -0.05) is 24.3 Å². The third-order valence-electron chi connectivity index (χ3n) is 3.30. The molecule has 94 valence electrons. The average Bonchev–Trinajstić information content (AvgIpc) is 3.06. The van der Waals surface area contributed by atoms with Crippen LogP contribution in [0, 0.1) is 12.3 Å². The van der Waals surface area contributed by atoms with E-state index in [4.69, 9.17) is 6.42 Å². The first kappa shape index (κ1) is 11.9. The Hall–Kier alpha value is -2.12. The number of fused-ring (bicyclic) bond motifs is 1. The topological polar surface area (TPSA) is 42.0 Å². The maximum absolute atomic E-state index is 12.1. The second kappa shape index (κ2) is 4.87. The summed E-state index contributed by atoms with van der Waals surface area (Å²) in [6.45, 7) is 0. The molecule has 0 aliphatic heterocycles. The zero-order valence-electron chi connectivity index (χ0n) is 10.2. The normalized spacial score (nSPS) is 16.7. The van der Waals surface area contributed by atoms with Gasteiger partial charge in [0, 0.05) is 5.38 Å². The lowest BCUT2D eigenvalue weighted by Crippen LogP contribution is -2.27. The van der Waals surface area contributed by atoms with Crippen molar-refractivity contribution in [2.75, 3.05) is 0 Å². The number of aromatic nitrogens is 1. The molecule has 1 aromatic heterocycles. The van der Waals surface area contributed by atoms with Crippen LogP contribution in [0.15, 0.2) is 29.6 Å². The van der Waals surface area contributed by atoms with Gasteiger partial charge in [0.25, 0.3) is 5.91 Å². The van der Waals surface area contributed by atoms with Crippen LogP contribution in [0.1, 0.15) is 39.1 Å². The molecule has 4 heteroatoms. The Morgan fingerprint density at radius 3 is 3.11 bits per heavy atom. The summed E-state index contributed by atoms with van der Waals surface area (Å²) in [6.07, 6.45) is 7.21. The van der Waals surface area contributed by atoms with E-state index in [0.717, 1.165) is 12.8 Å². The van der Waals surface area contributed by atoms with E-state index >= 15 is 0 Å². The maximum Gasteiger partial charge on any atom is 0.271 e. The third-order valence-corrected chi connectivity index (χ3v) is 4.07. The van der Waals surface area contributed by atoms with Crippen molar-refractivity contribution >= 4 is 17.2 Å². The third kappa shape index (κ3) is 2.25. The number of rotatable bonds is 2. The van der Waals surface area contributed by atoms with Crippen molar-refractivity contribution < 1.29 is 4.79 Å². The molecule has 2 aromatic rings. The lowest BCUT2D eigenvalue weighted by molar-refractivity contribution is 0.0932.